The Bertz CT molecular complexity index is 288. The molecular formula is C14H30OSi2. The smallest absolute Gasteiger partial charge is 0.0818 e. The second-order valence-electron chi connectivity index (χ2n) is 7.77. The monoisotopic (exact) mass is 270 g/mol. The van der Waals surface area contributed by atoms with Gasteiger partial charge in [-0.3, -0.25) is 0 Å². The van der Waals surface area contributed by atoms with Crippen molar-refractivity contribution in [3.05, 3.63) is 10.9 Å². The summed E-state index contributed by atoms with van der Waals surface area (Å²) in [6, 6.07) is 0. The SMILES string of the molecule is C[Si](C)(C)/C=C(/C1(O)CCCCC1)[Si](C)(C)C. The Morgan fingerprint density at radius 2 is 1.41 bits per heavy atom. The Hall–Kier alpha value is 0.134. The predicted octanol–water partition coefficient (Wildman–Crippen LogP) is 4.36. The minimum absolute atomic E-state index is 0.455. The summed E-state index contributed by atoms with van der Waals surface area (Å²) in [6.45, 7) is 14.3. The van der Waals surface area contributed by atoms with E-state index in [1.807, 2.05) is 0 Å². The van der Waals surface area contributed by atoms with E-state index in [4.69, 9.17) is 0 Å². The minimum atomic E-state index is -1.41. The van der Waals surface area contributed by atoms with Gasteiger partial charge in [-0.2, -0.15) is 0 Å². The highest BCUT2D eigenvalue weighted by Crippen LogP contribution is 2.39. The lowest BCUT2D eigenvalue weighted by Gasteiger charge is -2.41. The first-order valence-electron chi connectivity index (χ1n) is 7.01. The van der Waals surface area contributed by atoms with E-state index < -0.39 is 21.7 Å². The summed E-state index contributed by atoms with van der Waals surface area (Å²) in [6.07, 6.45) is 5.68. The first-order chi connectivity index (χ1) is 7.55. The van der Waals surface area contributed by atoms with Gasteiger partial charge in [0.2, 0.25) is 0 Å². The molecule has 1 fully saturated rings. The van der Waals surface area contributed by atoms with Gasteiger partial charge in [-0.1, -0.05) is 69.4 Å². The second-order valence-corrected chi connectivity index (χ2v) is 17.8. The van der Waals surface area contributed by atoms with Crippen molar-refractivity contribution >= 4 is 16.1 Å². The zero-order valence-electron chi connectivity index (χ0n) is 12.6. The zero-order chi connectivity index (χ0) is 13.3. The van der Waals surface area contributed by atoms with E-state index in [9.17, 15) is 5.11 Å². The molecule has 1 nitrogen and oxygen atoms in total. The second kappa shape index (κ2) is 5.02. The summed E-state index contributed by atoms with van der Waals surface area (Å²) >= 11 is 0. The third kappa shape index (κ3) is 4.38. The van der Waals surface area contributed by atoms with E-state index in [0.717, 1.165) is 12.8 Å². The van der Waals surface area contributed by atoms with E-state index >= 15 is 0 Å². The van der Waals surface area contributed by atoms with Gasteiger partial charge >= 0.3 is 0 Å². The molecule has 0 heterocycles. The van der Waals surface area contributed by atoms with Gasteiger partial charge in [0.1, 0.15) is 0 Å². The van der Waals surface area contributed by atoms with Gasteiger partial charge in [0.05, 0.1) is 21.7 Å². The molecule has 0 aromatic heterocycles. The molecule has 1 saturated carbocycles. The molecule has 1 N–H and O–H groups in total. The molecule has 0 aromatic carbocycles. The number of rotatable bonds is 3. The van der Waals surface area contributed by atoms with Crippen molar-refractivity contribution in [2.24, 2.45) is 0 Å². The molecule has 1 aliphatic rings. The Morgan fingerprint density at radius 1 is 0.941 bits per heavy atom. The molecule has 0 unspecified atom stereocenters. The molecule has 0 radical (unpaired) electrons. The van der Waals surface area contributed by atoms with Crippen molar-refractivity contribution in [3.8, 4) is 0 Å². The molecule has 0 bridgehead atoms. The molecule has 0 aliphatic heterocycles. The van der Waals surface area contributed by atoms with Crippen LogP contribution in [-0.2, 0) is 0 Å². The zero-order valence-corrected chi connectivity index (χ0v) is 14.6. The third-order valence-electron chi connectivity index (χ3n) is 3.57. The maximum absolute atomic E-state index is 11.0. The number of hydrogen-bond donors (Lipinski definition) is 1. The highest BCUT2D eigenvalue weighted by molar-refractivity contribution is 6.88. The summed E-state index contributed by atoms with van der Waals surface area (Å²) in [5, 5.41) is 12.5. The van der Waals surface area contributed by atoms with Crippen LogP contribution in [0.3, 0.4) is 0 Å². The van der Waals surface area contributed by atoms with E-state index in [1.54, 1.807) is 0 Å². The number of aliphatic hydroxyl groups is 1. The van der Waals surface area contributed by atoms with E-state index in [0.29, 0.717) is 0 Å². The van der Waals surface area contributed by atoms with Crippen LogP contribution in [0.5, 0.6) is 0 Å². The van der Waals surface area contributed by atoms with Crippen molar-refractivity contribution < 1.29 is 5.11 Å². The molecule has 0 saturated heterocycles. The maximum atomic E-state index is 11.0. The molecule has 3 heteroatoms. The summed E-state index contributed by atoms with van der Waals surface area (Å²) in [7, 11) is -2.66. The quantitative estimate of drug-likeness (QED) is 0.755. The van der Waals surface area contributed by atoms with Crippen LogP contribution < -0.4 is 0 Å². The fourth-order valence-electron chi connectivity index (χ4n) is 2.89. The molecule has 17 heavy (non-hydrogen) atoms. The van der Waals surface area contributed by atoms with Gasteiger partial charge in [-0.25, -0.2) is 0 Å². The first kappa shape index (κ1) is 15.2. The highest BCUT2D eigenvalue weighted by Gasteiger charge is 2.40. The van der Waals surface area contributed by atoms with Crippen LogP contribution in [0.4, 0.5) is 0 Å². The topological polar surface area (TPSA) is 20.2 Å². The van der Waals surface area contributed by atoms with Gasteiger partial charge in [0.25, 0.3) is 0 Å². The summed E-state index contributed by atoms with van der Waals surface area (Å²) < 4.78 is 0. The summed E-state index contributed by atoms with van der Waals surface area (Å²) in [4.78, 5) is 0. The van der Waals surface area contributed by atoms with Crippen molar-refractivity contribution in [2.75, 3.05) is 0 Å². The molecule has 0 spiro atoms. The summed E-state index contributed by atoms with van der Waals surface area (Å²) in [5.41, 5.74) is 2.05. The lowest BCUT2D eigenvalue weighted by Crippen LogP contribution is -2.45. The lowest BCUT2D eigenvalue weighted by molar-refractivity contribution is 0.0456. The normalized spacial score (nSPS) is 22.6. The molecule has 100 valence electrons. The van der Waals surface area contributed by atoms with Gasteiger partial charge in [0.15, 0.2) is 0 Å². The average molecular weight is 271 g/mol. The molecule has 1 rings (SSSR count). The minimum Gasteiger partial charge on any atom is -0.386 e. The van der Waals surface area contributed by atoms with Gasteiger partial charge in [-0.05, 0) is 12.8 Å². The van der Waals surface area contributed by atoms with E-state index in [-0.39, 0.29) is 0 Å². The van der Waals surface area contributed by atoms with E-state index in [2.05, 4.69) is 45.0 Å². The van der Waals surface area contributed by atoms with Crippen LogP contribution in [0, 0.1) is 0 Å². The van der Waals surface area contributed by atoms with Gasteiger partial charge in [0, 0.05) is 0 Å². The average Bonchev–Trinajstić information content (AvgIpc) is 2.12. The largest absolute Gasteiger partial charge is 0.386 e. The van der Waals surface area contributed by atoms with Crippen LogP contribution in [0.1, 0.15) is 32.1 Å². The Labute approximate surface area is 109 Å². The molecular weight excluding hydrogens is 240 g/mol. The van der Waals surface area contributed by atoms with Crippen molar-refractivity contribution in [2.45, 2.75) is 77.0 Å². The van der Waals surface area contributed by atoms with Crippen LogP contribution in [-0.4, -0.2) is 26.9 Å². The molecule has 0 aromatic rings. The molecule has 0 atom stereocenters. The highest BCUT2D eigenvalue weighted by atomic mass is 28.3. The fraction of sp³-hybridized carbons (Fsp3) is 0.857. The third-order valence-corrected chi connectivity index (χ3v) is 7.24. The lowest BCUT2D eigenvalue weighted by atomic mass is 9.85. The van der Waals surface area contributed by atoms with Crippen LogP contribution in [0.25, 0.3) is 0 Å². The van der Waals surface area contributed by atoms with Crippen molar-refractivity contribution in [1.29, 1.82) is 0 Å². The molecule has 1 aliphatic carbocycles. The predicted molar refractivity (Wildman–Crippen MR) is 82.8 cm³/mol. The number of hydrogen-bond acceptors (Lipinski definition) is 1. The Morgan fingerprint density at radius 3 is 1.76 bits per heavy atom. The van der Waals surface area contributed by atoms with E-state index in [1.165, 1.54) is 24.5 Å². The van der Waals surface area contributed by atoms with Gasteiger partial charge in [-0.15, -0.1) is 0 Å². The summed E-state index contributed by atoms with van der Waals surface area (Å²) in [5.74, 6) is 0. The Balaban J connectivity index is 3.11. The Kier molecular flexibility index (Phi) is 4.49. The first-order valence-corrected chi connectivity index (χ1v) is 14.1. The van der Waals surface area contributed by atoms with Crippen LogP contribution in [0.2, 0.25) is 39.3 Å². The van der Waals surface area contributed by atoms with Crippen LogP contribution >= 0.6 is 0 Å². The van der Waals surface area contributed by atoms with Crippen LogP contribution in [0.15, 0.2) is 10.9 Å². The molecule has 0 amide bonds. The fourth-order valence-corrected chi connectivity index (χ4v) is 8.70. The van der Waals surface area contributed by atoms with Crippen molar-refractivity contribution in [3.63, 3.8) is 0 Å². The van der Waals surface area contributed by atoms with Crippen molar-refractivity contribution in [1.82, 2.24) is 0 Å². The standard InChI is InChI=1S/C14H30OSi2/c1-16(2,3)12-13(17(4,5)6)14(15)10-8-7-9-11-14/h12,15H,7-11H2,1-6H3/b13-12-. The maximum Gasteiger partial charge on any atom is 0.0818 e. The van der Waals surface area contributed by atoms with Gasteiger partial charge < -0.3 is 5.11 Å².